The Bertz CT molecular complexity index is 417. The molecule has 0 amide bonds. The standard InChI is InChI=1S/C8H10ClN3O4/c1-5(2-3-7(13)14)11-4-6(9)8(10-11)12(15)16/h4-5H,2-3H2,1H3,(H,13,14). The Morgan fingerprint density at radius 1 is 1.81 bits per heavy atom. The van der Waals surface area contributed by atoms with Crippen molar-refractivity contribution in [1.29, 1.82) is 0 Å². The third-order valence-corrected chi connectivity index (χ3v) is 2.34. The van der Waals surface area contributed by atoms with Crippen LogP contribution in [-0.2, 0) is 4.79 Å². The average molecular weight is 248 g/mol. The molecule has 8 heteroatoms. The highest BCUT2D eigenvalue weighted by molar-refractivity contribution is 6.32. The summed E-state index contributed by atoms with van der Waals surface area (Å²) >= 11 is 5.61. The number of aromatic nitrogens is 2. The SMILES string of the molecule is CC(CCC(=O)O)n1cc(Cl)c([N+](=O)[O-])n1. The number of halogens is 1. The molecule has 0 aromatic carbocycles. The molecule has 1 atom stereocenters. The molecule has 0 radical (unpaired) electrons. The zero-order chi connectivity index (χ0) is 12.3. The van der Waals surface area contributed by atoms with Gasteiger partial charge in [0.05, 0.1) is 17.3 Å². The third kappa shape index (κ3) is 2.93. The van der Waals surface area contributed by atoms with Gasteiger partial charge in [-0.1, -0.05) is 11.6 Å². The number of rotatable bonds is 5. The van der Waals surface area contributed by atoms with Gasteiger partial charge in [-0.3, -0.25) is 4.79 Å². The number of nitro groups is 1. The number of hydrogen-bond donors (Lipinski definition) is 1. The molecule has 0 saturated carbocycles. The molecule has 1 unspecified atom stereocenters. The minimum absolute atomic E-state index is 0.0214. The van der Waals surface area contributed by atoms with Crippen molar-refractivity contribution in [3.8, 4) is 0 Å². The van der Waals surface area contributed by atoms with Crippen LogP contribution in [0.2, 0.25) is 5.02 Å². The van der Waals surface area contributed by atoms with E-state index in [1.54, 1.807) is 6.92 Å². The largest absolute Gasteiger partial charge is 0.481 e. The monoisotopic (exact) mass is 247 g/mol. The number of carboxylic acids is 1. The van der Waals surface area contributed by atoms with E-state index in [1.165, 1.54) is 10.9 Å². The van der Waals surface area contributed by atoms with Crippen LogP contribution < -0.4 is 0 Å². The van der Waals surface area contributed by atoms with Crippen LogP contribution in [0.1, 0.15) is 25.8 Å². The Kier molecular flexibility index (Phi) is 3.83. The molecular formula is C8H10ClN3O4. The fourth-order valence-electron chi connectivity index (χ4n) is 1.17. The van der Waals surface area contributed by atoms with Gasteiger partial charge in [0, 0.05) is 6.42 Å². The molecular weight excluding hydrogens is 238 g/mol. The van der Waals surface area contributed by atoms with E-state index in [2.05, 4.69) is 5.10 Å². The zero-order valence-electron chi connectivity index (χ0n) is 8.46. The number of aliphatic carboxylic acids is 1. The van der Waals surface area contributed by atoms with E-state index in [1.807, 2.05) is 0 Å². The highest BCUT2D eigenvalue weighted by Gasteiger charge is 2.21. The number of carbonyl (C=O) groups is 1. The first-order valence-corrected chi connectivity index (χ1v) is 4.90. The van der Waals surface area contributed by atoms with Crippen LogP contribution >= 0.6 is 11.6 Å². The van der Waals surface area contributed by atoms with Crippen LogP contribution in [0.15, 0.2) is 6.20 Å². The number of carboxylic acid groups (broad SMARTS) is 1. The van der Waals surface area contributed by atoms with E-state index in [9.17, 15) is 14.9 Å². The summed E-state index contributed by atoms with van der Waals surface area (Å²) in [6.07, 6.45) is 1.64. The van der Waals surface area contributed by atoms with Crippen LogP contribution in [0.3, 0.4) is 0 Å². The predicted octanol–water partition coefficient (Wildman–Crippen LogP) is 1.87. The second kappa shape index (κ2) is 4.93. The van der Waals surface area contributed by atoms with Crippen LogP contribution in [0.25, 0.3) is 0 Å². The lowest BCUT2D eigenvalue weighted by molar-refractivity contribution is -0.389. The highest BCUT2D eigenvalue weighted by Crippen LogP contribution is 2.24. The van der Waals surface area contributed by atoms with Crippen LogP contribution in [0.5, 0.6) is 0 Å². The Labute approximate surface area is 95.8 Å². The van der Waals surface area contributed by atoms with Crippen molar-refractivity contribution in [3.05, 3.63) is 21.3 Å². The van der Waals surface area contributed by atoms with E-state index < -0.39 is 16.7 Å². The summed E-state index contributed by atoms with van der Waals surface area (Å²) in [6, 6.07) is -0.248. The molecule has 0 aliphatic heterocycles. The number of nitrogens with zero attached hydrogens (tertiary/aromatic N) is 3. The molecule has 7 nitrogen and oxygen atoms in total. The van der Waals surface area contributed by atoms with Crippen molar-refractivity contribution in [2.45, 2.75) is 25.8 Å². The average Bonchev–Trinajstić information content (AvgIpc) is 2.56. The maximum Gasteiger partial charge on any atom is 0.408 e. The van der Waals surface area contributed by atoms with Gasteiger partial charge < -0.3 is 15.2 Å². The molecule has 0 fully saturated rings. The molecule has 1 rings (SSSR count). The molecule has 1 aromatic rings. The van der Waals surface area contributed by atoms with Crippen molar-refractivity contribution in [2.75, 3.05) is 0 Å². The van der Waals surface area contributed by atoms with Gasteiger partial charge in [0.25, 0.3) is 0 Å². The van der Waals surface area contributed by atoms with Gasteiger partial charge in [0.1, 0.15) is 0 Å². The first-order chi connectivity index (χ1) is 7.41. The Balaban J connectivity index is 2.76. The molecule has 0 aliphatic rings. The topological polar surface area (TPSA) is 98.3 Å². The fourth-order valence-corrected chi connectivity index (χ4v) is 1.38. The quantitative estimate of drug-likeness (QED) is 0.633. The normalized spacial score (nSPS) is 12.4. The van der Waals surface area contributed by atoms with E-state index >= 15 is 0 Å². The second-order valence-electron chi connectivity index (χ2n) is 3.32. The molecule has 1 aromatic heterocycles. The van der Waals surface area contributed by atoms with Crippen molar-refractivity contribution in [2.24, 2.45) is 0 Å². The third-order valence-electron chi connectivity index (χ3n) is 2.07. The molecule has 1 heterocycles. The van der Waals surface area contributed by atoms with E-state index in [-0.39, 0.29) is 17.5 Å². The Hall–Kier alpha value is -1.63. The van der Waals surface area contributed by atoms with Crippen LogP contribution in [-0.4, -0.2) is 25.8 Å². The predicted molar refractivity (Wildman–Crippen MR) is 55.5 cm³/mol. The smallest absolute Gasteiger partial charge is 0.408 e. The maximum absolute atomic E-state index is 10.5. The summed E-state index contributed by atoms with van der Waals surface area (Å²) in [4.78, 5) is 20.1. The van der Waals surface area contributed by atoms with Gasteiger partial charge in [-0.05, 0) is 18.3 Å². The summed E-state index contributed by atoms with van der Waals surface area (Å²) < 4.78 is 1.31. The molecule has 0 bridgehead atoms. The van der Waals surface area contributed by atoms with Gasteiger partial charge in [0.2, 0.25) is 0 Å². The Morgan fingerprint density at radius 3 is 2.88 bits per heavy atom. The maximum atomic E-state index is 10.5. The molecule has 0 aliphatic carbocycles. The van der Waals surface area contributed by atoms with Crippen molar-refractivity contribution >= 4 is 23.4 Å². The molecule has 1 N–H and O–H groups in total. The lowest BCUT2D eigenvalue weighted by atomic mass is 10.2. The molecule has 88 valence electrons. The van der Waals surface area contributed by atoms with Crippen molar-refractivity contribution < 1.29 is 14.8 Å². The van der Waals surface area contributed by atoms with Gasteiger partial charge in [-0.15, -0.1) is 0 Å². The molecule has 0 saturated heterocycles. The zero-order valence-corrected chi connectivity index (χ0v) is 9.22. The summed E-state index contributed by atoms with van der Waals surface area (Å²) in [5.41, 5.74) is 0. The number of hydrogen-bond acceptors (Lipinski definition) is 4. The van der Waals surface area contributed by atoms with E-state index in [0.717, 1.165) is 0 Å². The highest BCUT2D eigenvalue weighted by atomic mass is 35.5. The second-order valence-corrected chi connectivity index (χ2v) is 3.73. The van der Waals surface area contributed by atoms with Crippen LogP contribution in [0.4, 0.5) is 5.82 Å². The van der Waals surface area contributed by atoms with E-state index in [0.29, 0.717) is 6.42 Å². The van der Waals surface area contributed by atoms with Crippen molar-refractivity contribution in [1.82, 2.24) is 9.78 Å². The minimum Gasteiger partial charge on any atom is -0.481 e. The molecule has 0 spiro atoms. The van der Waals surface area contributed by atoms with Gasteiger partial charge in [-0.2, -0.15) is 4.68 Å². The summed E-state index contributed by atoms with van der Waals surface area (Å²) in [7, 11) is 0. The first-order valence-electron chi connectivity index (χ1n) is 4.52. The molecule has 16 heavy (non-hydrogen) atoms. The van der Waals surface area contributed by atoms with Gasteiger partial charge >= 0.3 is 11.8 Å². The summed E-state index contributed by atoms with van der Waals surface area (Å²) in [5, 5.41) is 22.6. The minimum atomic E-state index is -0.917. The fraction of sp³-hybridized carbons (Fsp3) is 0.500. The summed E-state index contributed by atoms with van der Waals surface area (Å²) in [5.74, 6) is -1.33. The van der Waals surface area contributed by atoms with Crippen LogP contribution in [0, 0.1) is 10.1 Å². The van der Waals surface area contributed by atoms with Gasteiger partial charge in [0.15, 0.2) is 5.02 Å². The van der Waals surface area contributed by atoms with Gasteiger partial charge in [-0.25, -0.2) is 0 Å². The van der Waals surface area contributed by atoms with E-state index in [4.69, 9.17) is 16.7 Å². The first kappa shape index (κ1) is 12.4. The summed E-state index contributed by atoms with van der Waals surface area (Å²) in [6.45, 7) is 1.72. The Morgan fingerprint density at radius 2 is 2.44 bits per heavy atom. The lowest BCUT2D eigenvalue weighted by Gasteiger charge is -2.05. The lowest BCUT2D eigenvalue weighted by Crippen LogP contribution is -2.08. The van der Waals surface area contributed by atoms with Crippen molar-refractivity contribution in [3.63, 3.8) is 0 Å².